The van der Waals surface area contributed by atoms with E-state index in [2.05, 4.69) is 35.4 Å². The molecule has 0 bridgehead atoms. The summed E-state index contributed by atoms with van der Waals surface area (Å²) in [7, 11) is 0. The van der Waals surface area contributed by atoms with Gasteiger partial charge in [0.15, 0.2) is 5.01 Å². The van der Waals surface area contributed by atoms with Gasteiger partial charge in [-0.15, -0.1) is 21.5 Å². The minimum absolute atomic E-state index is 0.346. The zero-order valence-corrected chi connectivity index (χ0v) is 14.4. The van der Waals surface area contributed by atoms with Crippen molar-refractivity contribution in [2.75, 3.05) is 6.54 Å². The van der Waals surface area contributed by atoms with Gasteiger partial charge >= 0.3 is 0 Å². The number of rotatable bonds is 5. The number of aromatic nitrogens is 2. The maximum absolute atomic E-state index is 4.44. The van der Waals surface area contributed by atoms with Crippen molar-refractivity contribution in [3.05, 3.63) is 21.5 Å². The van der Waals surface area contributed by atoms with Crippen molar-refractivity contribution in [3.8, 4) is 9.88 Å². The first-order chi connectivity index (χ1) is 10.3. The summed E-state index contributed by atoms with van der Waals surface area (Å²) in [5.41, 5.74) is 1.56. The quantitative estimate of drug-likeness (QED) is 0.818. The van der Waals surface area contributed by atoms with Gasteiger partial charge in [0.25, 0.3) is 0 Å². The van der Waals surface area contributed by atoms with Crippen molar-refractivity contribution in [3.63, 3.8) is 0 Å². The first kappa shape index (κ1) is 15.1. The molecule has 1 aliphatic carbocycles. The van der Waals surface area contributed by atoms with Crippen LogP contribution in [-0.4, -0.2) is 16.7 Å². The van der Waals surface area contributed by atoms with Crippen LogP contribution < -0.4 is 5.32 Å². The molecule has 2 aromatic rings. The summed E-state index contributed by atoms with van der Waals surface area (Å²) in [6.07, 6.45) is 7.60. The molecule has 1 atom stereocenters. The molecule has 3 nitrogen and oxygen atoms in total. The fourth-order valence-electron chi connectivity index (χ4n) is 2.90. The van der Waals surface area contributed by atoms with E-state index in [0.29, 0.717) is 6.04 Å². The third-order valence-electron chi connectivity index (χ3n) is 4.05. The molecule has 0 saturated carbocycles. The van der Waals surface area contributed by atoms with E-state index in [-0.39, 0.29) is 0 Å². The van der Waals surface area contributed by atoms with E-state index in [4.69, 9.17) is 0 Å². The maximum Gasteiger partial charge on any atom is 0.157 e. The summed E-state index contributed by atoms with van der Waals surface area (Å²) in [6.45, 7) is 5.31. The van der Waals surface area contributed by atoms with Crippen LogP contribution in [0.25, 0.3) is 9.88 Å². The van der Waals surface area contributed by atoms with Gasteiger partial charge in [0.2, 0.25) is 0 Å². The van der Waals surface area contributed by atoms with Gasteiger partial charge in [-0.3, -0.25) is 0 Å². The zero-order valence-electron chi connectivity index (χ0n) is 12.8. The van der Waals surface area contributed by atoms with Crippen molar-refractivity contribution in [1.29, 1.82) is 0 Å². The number of nitrogens with zero attached hydrogens (tertiary/aromatic N) is 2. The number of nitrogens with one attached hydrogen (secondary N) is 1. The average Bonchev–Trinajstić information content (AvgIpc) is 3.07. The number of hydrogen-bond acceptors (Lipinski definition) is 5. The molecular formula is C16H23N3S2. The number of hydrogen-bond donors (Lipinski definition) is 1. The molecule has 0 aromatic carbocycles. The predicted octanol–water partition coefficient (Wildman–Crippen LogP) is 4.60. The van der Waals surface area contributed by atoms with Gasteiger partial charge in [-0.2, -0.15) is 0 Å². The highest BCUT2D eigenvalue weighted by molar-refractivity contribution is 7.21. The van der Waals surface area contributed by atoms with Gasteiger partial charge in [-0.1, -0.05) is 31.6 Å². The molecule has 114 valence electrons. The molecule has 0 spiro atoms. The number of thiophene rings is 1. The minimum Gasteiger partial charge on any atom is -0.308 e. The maximum atomic E-state index is 4.44. The molecule has 2 heterocycles. The Morgan fingerprint density at radius 2 is 2.00 bits per heavy atom. The predicted molar refractivity (Wildman–Crippen MR) is 91.2 cm³/mol. The van der Waals surface area contributed by atoms with Crippen LogP contribution in [0.5, 0.6) is 0 Å². The lowest BCUT2D eigenvalue weighted by atomic mass is 10.1. The lowest BCUT2D eigenvalue weighted by molar-refractivity contribution is 0.531. The van der Waals surface area contributed by atoms with Crippen LogP contribution in [0.3, 0.4) is 0 Å². The Hall–Kier alpha value is -0.780. The largest absolute Gasteiger partial charge is 0.308 e. The van der Waals surface area contributed by atoms with Crippen molar-refractivity contribution < 1.29 is 0 Å². The fourth-order valence-corrected chi connectivity index (χ4v) is 5.20. The van der Waals surface area contributed by atoms with E-state index in [0.717, 1.165) is 23.0 Å². The molecule has 0 amide bonds. The second-order valence-electron chi connectivity index (χ2n) is 5.58. The van der Waals surface area contributed by atoms with Crippen LogP contribution in [0.4, 0.5) is 0 Å². The van der Waals surface area contributed by atoms with E-state index < -0.39 is 0 Å². The van der Waals surface area contributed by atoms with Gasteiger partial charge in [0.05, 0.1) is 10.9 Å². The normalized spacial score (nSPS) is 16.5. The van der Waals surface area contributed by atoms with E-state index in [9.17, 15) is 0 Å². The highest BCUT2D eigenvalue weighted by atomic mass is 32.1. The first-order valence-corrected chi connectivity index (χ1v) is 9.63. The minimum atomic E-state index is 0.346. The Kier molecular flexibility index (Phi) is 5.03. The second kappa shape index (κ2) is 6.99. The summed E-state index contributed by atoms with van der Waals surface area (Å²) >= 11 is 3.69. The molecule has 2 aromatic heterocycles. The van der Waals surface area contributed by atoms with E-state index >= 15 is 0 Å². The van der Waals surface area contributed by atoms with E-state index in [1.54, 1.807) is 21.8 Å². The van der Waals surface area contributed by atoms with Crippen LogP contribution in [0.1, 0.15) is 61.0 Å². The summed E-state index contributed by atoms with van der Waals surface area (Å²) in [4.78, 5) is 2.90. The molecule has 0 aliphatic heterocycles. The molecular weight excluding hydrogens is 298 g/mol. The number of fused-ring (bicyclic) bond motifs is 1. The van der Waals surface area contributed by atoms with Gasteiger partial charge < -0.3 is 5.32 Å². The zero-order chi connectivity index (χ0) is 14.7. The van der Waals surface area contributed by atoms with Crippen LogP contribution in [0.15, 0.2) is 6.07 Å². The van der Waals surface area contributed by atoms with Crippen LogP contribution in [-0.2, 0) is 12.8 Å². The summed E-state index contributed by atoms with van der Waals surface area (Å²) in [6, 6.07) is 2.71. The van der Waals surface area contributed by atoms with Crippen LogP contribution in [0, 0.1) is 0 Å². The number of aryl methyl sites for hydroxylation is 2. The Bertz CT molecular complexity index is 565. The molecule has 21 heavy (non-hydrogen) atoms. The Morgan fingerprint density at radius 3 is 2.81 bits per heavy atom. The monoisotopic (exact) mass is 321 g/mol. The van der Waals surface area contributed by atoms with E-state index in [1.165, 1.54) is 37.0 Å². The second-order valence-corrected chi connectivity index (χ2v) is 7.73. The van der Waals surface area contributed by atoms with Crippen LogP contribution in [0.2, 0.25) is 0 Å². The first-order valence-electron chi connectivity index (χ1n) is 8.00. The van der Waals surface area contributed by atoms with Crippen molar-refractivity contribution in [2.45, 2.75) is 58.4 Å². The summed E-state index contributed by atoms with van der Waals surface area (Å²) in [5, 5.41) is 14.6. The third kappa shape index (κ3) is 3.35. The molecule has 0 saturated heterocycles. The molecule has 0 fully saturated rings. The van der Waals surface area contributed by atoms with Crippen molar-refractivity contribution in [1.82, 2.24) is 15.5 Å². The van der Waals surface area contributed by atoms with Crippen molar-refractivity contribution in [2.24, 2.45) is 0 Å². The molecule has 1 N–H and O–H groups in total. The van der Waals surface area contributed by atoms with Gasteiger partial charge in [0.1, 0.15) is 5.01 Å². The summed E-state index contributed by atoms with van der Waals surface area (Å²) < 4.78 is 0. The lowest BCUT2D eigenvalue weighted by Crippen LogP contribution is -2.19. The SMILES string of the molecule is CCNC(CC)c1nnc(-c2cc3c(s2)CCCCC3)s1. The molecule has 3 rings (SSSR count). The smallest absolute Gasteiger partial charge is 0.157 e. The Balaban J connectivity index is 1.83. The third-order valence-corrected chi connectivity index (χ3v) is 6.50. The van der Waals surface area contributed by atoms with Gasteiger partial charge in [-0.25, -0.2) is 0 Å². The standard InChI is InChI=1S/C16H23N3S2/c1-3-12(17-4-2)15-18-19-16(21-15)14-10-11-8-6-5-7-9-13(11)20-14/h10,12,17H,3-9H2,1-2H3. The van der Waals surface area contributed by atoms with Crippen molar-refractivity contribution >= 4 is 22.7 Å². The highest BCUT2D eigenvalue weighted by Crippen LogP contribution is 2.37. The Morgan fingerprint density at radius 1 is 1.14 bits per heavy atom. The molecule has 5 heteroatoms. The summed E-state index contributed by atoms with van der Waals surface area (Å²) in [5.74, 6) is 0. The highest BCUT2D eigenvalue weighted by Gasteiger charge is 2.18. The molecule has 1 aliphatic rings. The topological polar surface area (TPSA) is 37.8 Å². The average molecular weight is 322 g/mol. The fraction of sp³-hybridized carbons (Fsp3) is 0.625. The molecule has 1 unspecified atom stereocenters. The van der Waals surface area contributed by atoms with E-state index in [1.807, 2.05) is 11.3 Å². The van der Waals surface area contributed by atoms with Crippen LogP contribution >= 0.6 is 22.7 Å². The molecule has 0 radical (unpaired) electrons. The van der Waals surface area contributed by atoms with Gasteiger partial charge in [0, 0.05) is 4.88 Å². The lowest BCUT2D eigenvalue weighted by Gasteiger charge is -2.10. The van der Waals surface area contributed by atoms with Gasteiger partial charge in [-0.05, 0) is 50.3 Å². The Labute approximate surface area is 134 Å².